The van der Waals surface area contributed by atoms with Crippen molar-refractivity contribution >= 4 is 28.3 Å². The van der Waals surface area contributed by atoms with Crippen LogP contribution in [0.2, 0.25) is 0 Å². The summed E-state index contributed by atoms with van der Waals surface area (Å²) in [5.41, 5.74) is 7.00. The Bertz CT molecular complexity index is 690. The van der Waals surface area contributed by atoms with Crippen molar-refractivity contribution in [2.75, 3.05) is 20.1 Å². The minimum Gasteiger partial charge on any atom is -0.342 e. The van der Waals surface area contributed by atoms with Crippen LogP contribution in [0.15, 0.2) is 29.2 Å². The highest BCUT2D eigenvalue weighted by molar-refractivity contribution is 7.89. The molecule has 2 rings (SSSR count). The van der Waals surface area contributed by atoms with E-state index in [1.54, 1.807) is 24.3 Å². The van der Waals surface area contributed by atoms with E-state index in [1.165, 1.54) is 7.05 Å². The summed E-state index contributed by atoms with van der Waals surface area (Å²) in [6.45, 7) is 5.59. The molecule has 1 atom stereocenters. The minimum absolute atomic E-state index is 0. The Morgan fingerprint density at radius 1 is 1.32 bits per heavy atom. The zero-order valence-electron chi connectivity index (χ0n) is 15.0. The monoisotopic (exact) mass is 389 g/mol. The first-order chi connectivity index (χ1) is 11.2. The summed E-state index contributed by atoms with van der Waals surface area (Å²) < 4.78 is 25.7. The lowest BCUT2D eigenvalue weighted by Crippen LogP contribution is -2.54. The fraction of sp³-hybridized carbons (Fsp3) is 0.588. The van der Waals surface area contributed by atoms with E-state index in [1.807, 2.05) is 4.90 Å². The molecule has 1 saturated heterocycles. The van der Waals surface area contributed by atoms with E-state index in [-0.39, 0.29) is 34.7 Å². The summed E-state index contributed by atoms with van der Waals surface area (Å²) in [6, 6.07) is 6.77. The van der Waals surface area contributed by atoms with Gasteiger partial charge in [-0.15, -0.1) is 12.4 Å². The van der Waals surface area contributed by atoms with Gasteiger partial charge >= 0.3 is 0 Å². The largest absolute Gasteiger partial charge is 0.342 e. The molecular weight excluding hydrogens is 362 g/mol. The van der Waals surface area contributed by atoms with E-state index in [0.29, 0.717) is 25.9 Å². The zero-order chi connectivity index (χ0) is 18.0. The van der Waals surface area contributed by atoms with Gasteiger partial charge < -0.3 is 10.6 Å². The number of nitrogens with two attached hydrogens (primary N) is 1. The second-order valence-corrected chi connectivity index (χ2v) is 8.94. The summed E-state index contributed by atoms with van der Waals surface area (Å²) >= 11 is 0. The Labute approximate surface area is 156 Å². The fourth-order valence-electron chi connectivity index (χ4n) is 2.95. The fourth-order valence-corrected chi connectivity index (χ4v) is 3.68. The Kier molecular flexibility index (Phi) is 7.43. The number of aryl methyl sites for hydroxylation is 1. The number of piperidine rings is 1. The van der Waals surface area contributed by atoms with Crippen molar-refractivity contribution in [2.24, 2.45) is 11.1 Å². The van der Waals surface area contributed by atoms with Crippen LogP contribution in [0.1, 0.15) is 32.3 Å². The van der Waals surface area contributed by atoms with Crippen molar-refractivity contribution in [3.63, 3.8) is 0 Å². The number of benzene rings is 1. The highest BCUT2D eigenvalue weighted by Crippen LogP contribution is 2.28. The molecule has 0 radical (unpaired) electrons. The van der Waals surface area contributed by atoms with Gasteiger partial charge in [0.25, 0.3) is 0 Å². The second kappa shape index (κ2) is 8.49. The van der Waals surface area contributed by atoms with E-state index in [4.69, 9.17) is 5.73 Å². The molecule has 1 aromatic carbocycles. The highest BCUT2D eigenvalue weighted by Gasteiger charge is 2.34. The van der Waals surface area contributed by atoms with E-state index in [0.717, 1.165) is 12.0 Å². The van der Waals surface area contributed by atoms with Crippen LogP contribution in [0, 0.1) is 5.41 Å². The van der Waals surface area contributed by atoms with Crippen molar-refractivity contribution < 1.29 is 13.2 Å². The number of sulfonamides is 1. The maximum Gasteiger partial charge on any atom is 0.240 e. The van der Waals surface area contributed by atoms with E-state index >= 15 is 0 Å². The normalized spacial score (nSPS) is 20.0. The van der Waals surface area contributed by atoms with Crippen molar-refractivity contribution in [3.05, 3.63) is 29.8 Å². The molecule has 6 nitrogen and oxygen atoms in total. The maximum absolute atomic E-state index is 12.4. The maximum atomic E-state index is 12.4. The van der Waals surface area contributed by atoms with Crippen LogP contribution in [0.25, 0.3) is 0 Å². The van der Waals surface area contributed by atoms with Gasteiger partial charge in [-0.1, -0.05) is 26.0 Å². The summed E-state index contributed by atoms with van der Waals surface area (Å²) in [5.74, 6) is 0.127. The quantitative estimate of drug-likeness (QED) is 0.798. The van der Waals surface area contributed by atoms with Gasteiger partial charge in [0.1, 0.15) is 0 Å². The predicted octanol–water partition coefficient (Wildman–Crippen LogP) is 1.53. The van der Waals surface area contributed by atoms with E-state index in [2.05, 4.69) is 18.6 Å². The Morgan fingerprint density at radius 3 is 2.44 bits per heavy atom. The van der Waals surface area contributed by atoms with Crippen molar-refractivity contribution in [2.45, 2.75) is 44.0 Å². The molecule has 1 heterocycles. The van der Waals surface area contributed by atoms with Gasteiger partial charge in [0.15, 0.2) is 0 Å². The van der Waals surface area contributed by atoms with Crippen LogP contribution < -0.4 is 10.5 Å². The summed E-state index contributed by atoms with van der Waals surface area (Å²) in [6.07, 6.45) is 1.85. The van der Waals surface area contributed by atoms with Crippen LogP contribution in [0.4, 0.5) is 0 Å². The smallest absolute Gasteiger partial charge is 0.240 e. The molecule has 25 heavy (non-hydrogen) atoms. The number of carbonyl (C=O) groups excluding carboxylic acids is 1. The Hall–Kier alpha value is -1.15. The molecule has 1 unspecified atom stereocenters. The summed E-state index contributed by atoms with van der Waals surface area (Å²) in [7, 11) is -2.04. The van der Waals surface area contributed by atoms with Crippen LogP contribution in [-0.4, -0.2) is 45.4 Å². The first-order valence-electron chi connectivity index (χ1n) is 8.21. The van der Waals surface area contributed by atoms with E-state index < -0.39 is 10.0 Å². The molecular formula is C17H28ClN3O3S. The topological polar surface area (TPSA) is 92.5 Å². The van der Waals surface area contributed by atoms with Crippen LogP contribution in [0.3, 0.4) is 0 Å². The molecule has 142 valence electrons. The molecule has 1 fully saturated rings. The summed E-state index contributed by atoms with van der Waals surface area (Å²) in [5, 5.41) is 0. The van der Waals surface area contributed by atoms with Gasteiger partial charge in [-0.3, -0.25) is 4.79 Å². The van der Waals surface area contributed by atoms with Gasteiger partial charge in [-0.2, -0.15) is 0 Å². The molecule has 0 bridgehead atoms. The SMILES string of the molecule is CNS(=O)(=O)c1ccc(CCC(=O)N2CCC(N)C(C)(C)C2)cc1.Cl. The first-order valence-corrected chi connectivity index (χ1v) is 9.70. The van der Waals surface area contributed by atoms with Gasteiger partial charge in [0.2, 0.25) is 15.9 Å². The molecule has 1 amide bonds. The standard InChI is InChI=1S/C17H27N3O3S.ClH/c1-17(2)12-20(11-10-15(17)18)16(21)9-6-13-4-7-14(8-5-13)24(22,23)19-3;/h4-5,7-8,15,19H,6,9-12,18H2,1-3H3;1H. The minimum atomic E-state index is -3.42. The molecule has 0 saturated carbocycles. The lowest BCUT2D eigenvalue weighted by molar-refractivity contribution is -0.134. The molecule has 0 aliphatic carbocycles. The van der Waals surface area contributed by atoms with E-state index in [9.17, 15) is 13.2 Å². The Morgan fingerprint density at radius 2 is 1.92 bits per heavy atom. The number of halogens is 1. The number of carbonyl (C=O) groups is 1. The first kappa shape index (κ1) is 21.9. The number of nitrogens with one attached hydrogen (secondary N) is 1. The van der Waals surface area contributed by atoms with Crippen molar-refractivity contribution in [1.82, 2.24) is 9.62 Å². The third kappa shape index (κ3) is 5.41. The third-order valence-electron chi connectivity index (χ3n) is 4.79. The van der Waals surface area contributed by atoms with Crippen LogP contribution >= 0.6 is 12.4 Å². The molecule has 0 spiro atoms. The van der Waals surface area contributed by atoms with Gasteiger partial charge in [0.05, 0.1) is 4.90 Å². The molecule has 1 aliphatic heterocycles. The van der Waals surface area contributed by atoms with Crippen LogP contribution in [-0.2, 0) is 21.2 Å². The number of likely N-dealkylation sites (tertiary alicyclic amines) is 1. The van der Waals surface area contributed by atoms with Gasteiger partial charge in [-0.05, 0) is 43.0 Å². The van der Waals surface area contributed by atoms with Crippen LogP contribution in [0.5, 0.6) is 0 Å². The molecule has 1 aliphatic rings. The number of rotatable bonds is 5. The average molecular weight is 390 g/mol. The molecule has 1 aromatic rings. The Balaban J connectivity index is 0.00000312. The average Bonchev–Trinajstić information content (AvgIpc) is 2.55. The number of hydrogen-bond acceptors (Lipinski definition) is 4. The molecule has 8 heteroatoms. The van der Waals surface area contributed by atoms with Gasteiger partial charge in [-0.25, -0.2) is 13.1 Å². The van der Waals surface area contributed by atoms with Gasteiger partial charge in [0, 0.05) is 25.6 Å². The highest BCUT2D eigenvalue weighted by atomic mass is 35.5. The van der Waals surface area contributed by atoms with Crippen molar-refractivity contribution in [3.8, 4) is 0 Å². The molecule has 3 N–H and O–H groups in total. The third-order valence-corrected chi connectivity index (χ3v) is 6.23. The summed E-state index contributed by atoms with van der Waals surface area (Å²) in [4.78, 5) is 14.5. The lowest BCUT2D eigenvalue weighted by atomic mass is 9.79. The predicted molar refractivity (Wildman–Crippen MR) is 101 cm³/mol. The lowest BCUT2D eigenvalue weighted by Gasteiger charge is -2.42. The number of amides is 1. The number of nitrogens with zero attached hydrogens (tertiary/aromatic N) is 1. The zero-order valence-corrected chi connectivity index (χ0v) is 16.6. The molecule has 0 aromatic heterocycles. The van der Waals surface area contributed by atoms with Crippen molar-refractivity contribution in [1.29, 1.82) is 0 Å². The number of hydrogen-bond donors (Lipinski definition) is 2. The second-order valence-electron chi connectivity index (χ2n) is 7.05.